The molecule has 130 valence electrons. The lowest BCUT2D eigenvalue weighted by molar-refractivity contribution is 0.111. The average molecular weight is 341 g/mol. The third-order valence-corrected chi connectivity index (χ3v) is 4.28. The number of piperidine rings is 1. The number of pyridine rings is 1. The number of rotatable bonds is 3. The summed E-state index contributed by atoms with van der Waals surface area (Å²) in [5.74, 6) is 1.98. The number of ether oxygens (including phenoxy) is 3. The topological polar surface area (TPSA) is 72.9 Å². The fraction of sp³-hybridized carbons (Fsp3) is 0.333. The van der Waals surface area contributed by atoms with Crippen LogP contribution in [0.15, 0.2) is 42.6 Å². The van der Waals surface area contributed by atoms with E-state index in [9.17, 15) is 4.79 Å². The second kappa shape index (κ2) is 6.88. The molecule has 3 heterocycles. The summed E-state index contributed by atoms with van der Waals surface area (Å²) in [5, 5.41) is 2.90. The molecule has 25 heavy (non-hydrogen) atoms. The lowest BCUT2D eigenvalue weighted by Gasteiger charge is -2.31. The summed E-state index contributed by atoms with van der Waals surface area (Å²) in [4.78, 5) is 18.4. The molecule has 2 aliphatic rings. The molecule has 1 aromatic heterocycles. The van der Waals surface area contributed by atoms with E-state index in [-0.39, 0.29) is 18.9 Å². The van der Waals surface area contributed by atoms with Crippen LogP contribution in [0, 0.1) is 0 Å². The molecular weight excluding hydrogens is 322 g/mol. The van der Waals surface area contributed by atoms with Crippen LogP contribution in [0.25, 0.3) is 0 Å². The van der Waals surface area contributed by atoms with Gasteiger partial charge in [-0.1, -0.05) is 6.07 Å². The molecule has 0 atom stereocenters. The molecule has 2 aromatic rings. The van der Waals surface area contributed by atoms with Crippen molar-refractivity contribution < 1.29 is 19.0 Å². The zero-order chi connectivity index (χ0) is 17.1. The van der Waals surface area contributed by atoms with Crippen molar-refractivity contribution in [1.29, 1.82) is 0 Å². The van der Waals surface area contributed by atoms with Gasteiger partial charge in [-0.15, -0.1) is 0 Å². The Labute approximate surface area is 145 Å². The standard InChI is InChI=1S/C18H19N3O4/c22-18(20-13-4-5-15-16(11-13)24-12-23-15)21-9-6-14(7-10-21)25-17-3-1-2-8-19-17/h1-5,8,11,14H,6-7,9-10,12H2,(H,20,22). The molecule has 0 aliphatic carbocycles. The number of carbonyl (C=O) groups excluding carboxylic acids is 1. The maximum Gasteiger partial charge on any atom is 0.321 e. The Morgan fingerprint density at radius 2 is 2.00 bits per heavy atom. The Bertz CT molecular complexity index is 745. The summed E-state index contributed by atoms with van der Waals surface area (Å²) in [6.45, 7) is 1.51. The fourth-order valence-electron chi connectivity index (χ4n) is 2.94. The second-order valence-electron chi connectivity index (χ2n) is 5.97. The van der Waals surface area contributed by atoms with E-state index in [4.69, 9.17) is 14.2 Å². The second-order valence-corrected chi connectivity index (χ2v) is 5.97. The summed E-state index contributed by atoms with van der Waals surface area (Å²) in [6.07, 6.45) is 3.36. The highest BCUT2D eigenvalue weighted by Gasteiger charge is 2.24. The van der Waals surface area contributed by atoms with E-state index in [0.29, 0.717) is 36.2 Å². The van der Waals surface area contributed by atoms with Crippen molar-refractivity contribution in [2.45, 2.75) is 18.9 Å². The summed E-state index contributed by atoms with van der Waals surface area (Å²) in [6, 6.07) is 10.9. The van der Waals surface area contributed by atoms with Crippen LogP contribution in [0.2, 0.25) is 0 Å². The average Bonchev–Trinajstić information content (AvgIpc) is 3.11. The van der Waals surface area contributed by atoms with E-state index >= 15 is 0 Å². The van der Waals surface area contributed by atoms with Crippen LogP contribution in [0.3, 0.4) is 0 Å². The maximum atomic E-state index is 12.4. The first-order valence-corrected chi connectivity index (χ1v) is 8.31. The zero-order valence-electron chi connectivity index (χ0n) is 13.7. The molecule has 4 rings (SSSR count). The van der Waals surface area contributed by atoms with Crippen molar-refractivity contribution >= 4 is 11.7 Å². The van der Waals surface area contributed by atoms with Gasteiger partial charge in [0.2, 0.25) is 12.7 Å². The van der Waals surface area contributed by atoms with E-state index < -0.39 is 0 Å². The normalized spacial score (nSPS) is 16.6. The van der Waals surface area contributed by atoms with Crippen LogP contribution in [0.5, 0.6) is 17.4 Å². The summed E-state index contributed by atoms with van der Waals surface area (Å²) in [5.41, 5.74) is 0.695. The molecule has 0 bridgehead atoms. The van der Waals surface area contributed by atoms with Gasteiger partial charge in [-0.2, -0.15) is 0 Å². The van der Waals surface area contributed by atoms with Crippen LogP contribution in [-0.2, 0) is 0 Å². The van der Waals surface area contributed by atoms with Gasteiger partial charge in [0, 0.05) is 49.9 Å². The fourth-order valence-corrected chi connectivity index (χ4v) is 2.94. The number of amides is 2. The van der Waals surface area contributed by atoms with Crippen LogP contribution < -0.4 is 19.5 Å². The van der Waals surface area contributed by atoms with Gasteiger partial charge in [0.05, 0.1) is 0 Å². The smallest absolute Gasteiger partial charge is 0.321 e. The minimum Gasteiger partial charge on any atom is -0.474 e. The minimum atomic E-state index is -0.116. The highest BCUT2D eigenvalue weighted by Crippen LogP contribution is 2.34. The Balaban J connectivity index is 1.29. The van der Waals surface area contributed by atoms with Crippen LogP contribution in [-0.4, -0.2) is 41.9 Å². The Morgan fingerprint density at radius 3 is 2.80 bits per heavy atom. The number of urea groups is 1. The molecule has 1 fully saturated rings. The SMILES string of the molecule is O=C(Nc1ccc2c(c1)OCO2)N1CCC(Oc2ccccn2)CC1. The van der Waals surface area contributed by atoms with E-state index in [0.717, 1.165) is 12.8 Å². The molecule has 1 aromatic carbocycles. The molecule has 0 saturated carbocycles. The molecule has 7 nitrogen and oxygen atoms in total. The lowest BCUT2D eigenvalue weighted by atomic mass is 10.1. The summed E-state index contributed by atoms with van der Waals surface area (Å²) < 4.78 is 16.5. The van der Waals surface area contributed by atoms with Crippen molar-refractivity contribution in [2.75, 3.05) is 25.2 Å². The molecule has 0 unspecified atom stereocenters. The van der Waals surface area contributed by atoms with Crippen LogP contribution >= 0.6 is 0 Å². The lowest BCUT2D eigenvalue weighted by Crippen LogP contribution is -2.43. The summed E-state index contributed by atoms with van der Waals surface area (Å²) >= 11 is 0. The predicted octanol–water partition coefficient (Wildman–Crippen LogP) is 2.89. The molecule has 2 aliphatic heterocycles. The molecule has 7 heteroatoms. The van der Waals surface area contributed by atoms with Crippen LogP contribution in [0.1, 0.15) is 12.8 Å². The van der Waals surface area contributed by atoms with Gasteiger partial charge in [-0.3, -0.25) is 0 Å². The van der Waals surface area contributed by atoms with Crippen molar-refractivity contribution in [3.8, 4) is 17.4 Å². The predicted molar refractivity (Wildman–Crippen MR) is 91.0 cm³/mol. The molecule has 0 spiro atoms. The maximum absolute atomic E-state index is 12.4. The largest absolute Gasteiger partial charge is 0.474 e. The van der Waals surface area contributed by atoms with Gasteiger partial charge >= 0.3 is 6.03 Å². The molecular formula is C18H19N3O4. The highest BCUT2D eigenvalue weighted by atomic mass is 16.7. The van der Waals surface area contributed by atoms with Crippen molar-refractivity contribution in [3.63, 3.8) is 0 Å². The monoisotopic (exact) mass is 341 g/mol. The van der Waals surface area contributed by atoms with E-state index in [1.54, 1.807) is 23.2 Å². The number of nitrogens with zero attached hydrogens (tertiary/aromatic N) is 2. The first kappa shape index (κ1) is 15.6. The number of likely N-dealkylation sites (tertiary alicyclic amines) is 1. The number of hydrogen-bond donors (Lipinski definition) is 1. The number of fused-ring (bicyclic) bond motifs is 1. The van der Waals surface area contributed by atoms with Gasteiger partial charge in [0.15, 0.2) is 11.5 Å². The van der Waals surface area contributed by atoms with Gasteiger partial charge in [-0.25, -0.2) is 9.78 Å². The third-order valence-electron chi connectivity index (χ3n) is 4.28. The van der Waals surface area contributed by atoms with Gasteiger partial charge < -0.3 is 24.4 Å². The summed E-state index contributed by atoms with van der Waals surface area (Å²) in [7, 11) is 0. The first-order valence-electron chi connectivity index (χ1n) is 8.31. The number of anilines is 1. The number of benzene rings is 1. The van der Waals surface area contributed by atoms with E-state index in [1.165, 1.54) is 0 Å². The first-order chi connectivity index (χ1) is 12.3. The Kier molecular flexibility index (Phi) is 4.28. The van der Waals surface area contributed by atoms with Crippen molar-refractivity contribution in [1.82, 2.24) is 9.88 Å². The number of carbonyl (C=O) groups is 1. The third kappa shape index (κ3) is 3.60. The molecule has 2 amide bonds. The van der Waals surface area contributed by atoms with Crippen molar-refractivity contribution in [3.05, 3.63) is 42.6 Å². The highest BCUT2D eigenvalue weighted by molar-refractivity contribution is 5.89. The number of nitrogens with one attached hydrogen (secondary N) is 1. The Morgan fingerprint density at radius 1 is 1.16 bits per heavy atom. The van der Waals surface area contributed by atoms with Crippen molar-refractivity contribution in [2.24, 2.45) is 0 Å². The van der Waals surface area contributed by atoms with E-state index in [1.807, 2.05) is 24.3 Å². The zero-order valence-corrected chi connectivity index (χ0v) is 13.7. The quantitative estimate of drug-likeness (QED) is 0.929. The molecule has 0 radical (unpaired) electrons. The number of hydrogen-bond acceptors (Lipinski definition) is 5. The van der Waals surface area contributed by atoms with Gasteiger partial charge in [0.25, 0.3) is 0 Å². The Hall–Kier alpha value is -2.96. The van der Waals surface area contributed by atoms with Gasteiger partial charge in [0.1, 0.15) is 6.10 Å². The van der Waals surface area contributed by atoms with E-state index in [2.05, 4.69) is 10.3 Å². The van der Waals surface area contributed by atoms with Crippen LogP contribution in [0.4, 0.5) is 10.5 Å². The van der Waals surface area contributed by atoms with Gasteiger partial charge in [-0.05, 0) is 18.2 Å². The molecule has 1 N–H and O–H groups in total. The number of aromatic nitrogens is 1. The molecule has 1 saturated heterocycles. The minimum absolute atomic E-state index is 0.0875.